The van der Waals surface area contributed by atoms with Crippen LogP contribution in [0.25, 0.3) is 60.6 Å². The number of hydrogen-bond acceptors (Lipinski definition) is 2. The Kier molecular flexibility index (Phi) is 5.11. The zero-order valence-electron chi connectivity index (χ0n) is 24.5. The molecular formula is C42H28N2O. The summed E-state index contributed by atoms with van der Waals surface area (Å²) >= 11 is 0. The number of anilines is 2. The number of hydrogen-bond donors (Lipinski definition) is 0. The third kappa shape index (κ3) is 3.52. The lowest BCUT2D eigenvalue weighted by molar-refractivity contribution is 0.669. The molecule has 0 fully saturated rings. The highest BCUT2D eigenvalue weighted by atomic mass is 16.3. The van der Waals surface area contributed by atoms with Crippen molar-refractivity contribution in [3.8, 4) is 5.69 Å². The molecule has 0 spiro atoms. The molecule has 45 heavy (non-hydrogen) atoms. The summed E-state index contributed by atoms with van der Waals surface area (Å²) in [7, 11) is 0. The molecule has 2 aliphatic rings. The van der Waals surface area contributed by atoms with E-state index in [0.29, 0.717) is 6.04 Å². The highest BCUT2D eigenvalue weighted by Crippen LogP contribution is 2.49. The molecule has 1 aliphatic carbocycles. The highest BCUT2D eigenvalue weighted by molar-refractivity contribution is 6.15. The van der Waals surface area contributed by atoms with E-state index in [1.165, 1.54) is 55.5 Å². The molecular weight excluding hydrogens is 548 g/mol. The van der Waals surface area contributed by atoms with Crippen molar-refractivity contribution in [3.63, 3.8) is 0 Å². The molecule has 0 N–H and O–H groups in total. The fraction of sp³-hybridized carbons (Fsp3) is 0.0476. The van der Waals surface area contributed by atoms with E-state index in [1.807, 2.05) is 6.07 Å². The van der Waals surface area contributed by atoms with Gasteiger partial charge in [0.2, 0.25) is 0 Å². The molecule has 2 aromatic heterocycles. The Balaban J connectivity index is 1.14. The molecule has 212 valence electrons. The molecule has 0 radical (unpaired) electrons. The van der Waals surface area contributed by atoms with Gasteiger partial charge < -0.3 is 13.9 Å². The smallest absolute Gasteiger partial charge is 0.137 e. The monoisotopic (exact) mass is 576 g/mol. The first-order valence-corrected chi connectivity index (χ1v) is 15.6. The van der Waals surface area contributed by atoms with E-state index in [4.69, 9.17) is 4.42 Å². The maximum absolute atomic E-state index is 6.28. The van der Waals surface area contributed by atoms with Crippen LogP contribution in [0.4, 0.5) is 11.4 Å². The third-order valence-corrected chi connectivity index (χ3v) is 9.68. The van der Waals surface area contributed by atoms with Gasteiger partial charge in [0, 0.05) is 33.1 Å². The van der Waals surface area contributed by atoms with Crippen molar-refractivity contribution < 1.29 is 4.42 Å². The Morgan fingerprint density at radius 2 is 1.31 bits per heavy atom. The number of furan rings is 1. The first-order chi connectivity index (χ1) is 22.3. The lowest BCUT2D eigenvalue weighted by Crippen LogP contribution is -2.27. The Morgan fingerprint density at radius 1 is 0.578 bits per heavy atom. The average Bonchev–Trinajstić information content (AvgIpc) is 3.76. The predicted octanol–water partition coefficient (Wildman–Crippen LogP) is 11.1. The second-order valence-corrected chi connectivity index (χ2v) is 12.1. The number of benzene rings is 6. The minimum Gasteiger partial charge on any atom is -0.456 e. The summed E-state index contributed by atoms with van der Waals surface area (Å²) in [5.74, 6) is 0. The second kappa shape index (κ2) is 9.35. The number of para-hydroxylation sites is 4. The standard InChI is InChI=1S/C42H28N2O/c1-2-11-29(12-3-1)43-35-16-7-4-13-30(35)33-25-27(21-23-37(33)43)28-22-24-38-34(26-28)31-14-5-8-17-36(31)44(38)39-18-10-20-41-42(39)32-15-6-9-19-40(32)45-41/h1-22,24-26,37H,23H2. The van der Waals surface area contributed by atoms with Crippen molar-refractivity contribution in [2.45, 2.75) is 12.5 Å². The minimum absolute atomic E-state index is 0.296. The zero-order valence-corrected chi connectivity index (χ0v) is 24.5. The maximum atomic E-state index is 6.28. The first kappa shape index (κ1) is 24.6. The number of allylic oxidation sites excluding steroid dienone is 2. The molecule has 0 bridgehead atoms. The topological polar surface area (TPSA) is 21.3 Å². The third-order valence-electron chi connectivity index (χ3n) is 9.68. The maximum Gasteiger partial charge on any atom is 0.137 e. The molecule has 3 nitrogen and oxygen atoms in total. The number of fused-ring (bicyclic) bond motifs is 9. The summed E-state index contributed by atoms with van der Waals surface area (Å²) in [6.45, 7) is 0. The molecule has 0 saturated carbocycles. The molecule has 3 heteroatoms. The van der Waals surface area contributed by atoms with Gasteiger partial charge in [-0.1, -0.05) is 91.0 Å². The van der Waals surface area contributed by atoms with Gasteiger partial charge in [-0.25, -0.2) is 0 Å². The molecule has 8 aromatic rings. The second-order valence-electron chi connectivity index (χ2n) is 12.1. The van der Waals surface area contributed by atoms with Crippen LogP contribution in [0.1, 0.15) is 17.5 Å². The van der Waals surface area contributed by atoms with Crippen LogP contribution in [-0.4, -0.2) is 10.6 Å². The van der Waals surface area contributed by atoms with E-state index < -0.39 is 0 Å². The summed E-state index contributed by atoms with van der Waals surface area (Å²) < 4.78 is 8.69. The number of nitrogens with zero attached hydrogens (tertiary/aromatic N) is 2. The Morgan fingerprint density at radius 3 is 2.24 bits per heavy atom. The summed E-state index contributed by atoms with van der Waals surface area (Å²) in [6.07, 6.45) is 5.81. The molecule has 1 atom stereocenters. The van der Waals surface area contributed by atoms with E-state index in [-0.39, 0.29) is 0 Å². The van der Waals surface area contributed by atoms with Gasteiger partial charge in [-0.05, 0) is 83.8 Å². The Bertz CT molecular complexity index is 2530. The minimum atomic E-state index is 0.296. The molecule has 6 aromatic carbocycles. The summed E-state index contributed by atoms with van der Waals surface area (Å²) in [4.78, 5) is 2.51. The number of aromatic nitrogens is 1. The van der Waals surface area contributed by atoms with Crippen LogP contribution >= 0.6 is 0 Å². The number of rotatable bonds is 3. The van der Waals surface area contributed by atoms with Crippen LogP contribution in [0.2, 0.25) is 0 Å². The van der Waals surface area contributed by atoms with Gasteiger partial charge in [-0.15, -0.1) is 0 Å². The SMILES string of the molecule is C1=C(c2ccc3c(c2)c2ccccc2n3-c2cccc3oc4ccccc4c23)C=C2c3ccccc3N(c3ccccc3)C2C1. The van der Waals surface area contributed by atoms with Gasteiger partial charge in [-0.2, -0.15) is 0 Å². The van der Waals surface area contributed by atoms with Gasteiger partial charge in [0.15, 0.2) is 0 Å². The quantitative estimate of drug-likeness (QED) is 0.209. The van der Waals surface area contributed by atoms with Crippen molar-refractivity contribution in [2.75, 3.05) is 4.90 Å². The lowest BCUT2D eigenvalue weighted by atomic mass is 9.89. The van der Waals surface area contributed by atoms with Crippen molar-refractivity contribution in [1.29, 1.82) is 0 Å². The van der Waals surface area contributed by atoms with Gasteiger partial charge in [0.1, 0.15) is 11.2 Å². The van der Waals surface area contributed by atoms with Crippen LogP contribution in [0.5, 0.6) is 0 Å². The van der Waals surface area contributed by atoms with Crippen LogP contribution in [0.3, 0.4) is 0 Å². The zero-order chi connectivity index (χ0) is 29.5. The van der Waals surface area contributed by atoms with E-state index in [1.54, 1.807) is 0 Å². The molecule has 0 saturated heterocycles. The Hall–Kier alpha value is -5.80. The summed E-state index contributed by atoms with van der Waals surface area (Å²) in [6, 6.07) is 50.4. The van der Waals surface area contributed by atoms with Gasteiger partial charge in [0.25, 0.3) is 0 Å². The highest BCUT2D eigenvalue weighted by Gasteiger charge is 2.35. The summed E-state index contributed by atoms with van der Waals surface area (Å²) in [5.41, 5.74) is 13.1. The molecule has 0 amide bonds. The molecule has 1 aliphatic heterocycles. The molecule has 3 heterocycles. The lowest BCUT2D eigenvalue weighted by Gasteiger charge is -2.29. The van der Waals surface area contributed by atoms with Crippen LogP contribution in [0, 0.1) is 0 Å². The molecule has 10 rings (SSSR count). The average molecular weight is 577 g/mol. The predicted molar refractivity (Wildman–Crippen MR) is 187 cm³/mol. The van der Waals surface area contributed by atoms with Crippen LogP contribution in [0.15, 0.2) is 156 Å². The van der Waals surface area contributed by atoms with E-state index in [0.717, 1.165) is 34.0 Å². The first-order valence-electron chi connectivity index (χ1n) is 15.6. The van der Waals surface area contributed by atoms with E-state index >= 15 is 0 Å². The van der Waals surface area contributed by atoms with Crippen molar-refractivity contribution in [3.05, 3.63) is 163 Å². The Labute approximate surface area is 260 Å². The fourth-order valence-electron chi connectivity index (χ4n) is 7.75. The summed E-state index contributed by atoms with van der Waals surface area (Å²) in [5, 5.41) is 4.80. The van der Waals surface area contributed by atoms with E-state index in [2.05, 4.69) is 155 Å². The van der Waals surface area contributed by atoms with Crippen LogP contribution in [-0.2, 0) is 0 Å². The van der Waals surface area contributed by atoms with E-state index in [9.17, 15) is 0 Å². The van der Waals surface area contributed by atoms with Gasteiger partial charge in [-0.3, -0.25) is 0 Å². The van der Waals surface area contributed by atoms with Gasteiger partial charge in [0.05, 0.1) is 28.1 Å². The normalized spacial score (nSPS) is 15.9. The van der Waals surface area contributed by atoms with Crippen LogP contribution < -0.4 is 4.90 Å². The molecule has 1 unspecified atom stereocenters. The fourth-order valence-corrected chi connectivity index (χ4v) is 7.75. The van der Waals surface area contributed by atoms with Crippen molar-refractivity contribution >= 4 is 66.3 Å². The van der Waals surface area contributed by atoms with Crippen molar-refractivity contribution in [2.24, 2.45) is 0 Å². The van der Waals surface area contributed by atoms with Crippen molar-refractivity contribution in [1.82, 2.24) is 4.57 Å². The largest absolute Gasteiger partial charge is 0.456 e. The van der Waals surface area contributed by atoms with Gasteiger partial charge >= 0.3 is 0 Å².